The highest BCUT2D eigenvalue weighted by molar-refractivity contribution is 8.04. The van der Waals surface area contributed by atoms with Gasteiger partial charge in [-0.25, -0.2) is 4.98 Å². The van der Waals surface area contributed by atoms with Crippen LogP contribution in [0.3, 0.4) is 0 Å². The summed E-state index contributed by atoms with van der Waals surface area (Å²) in [6.07, 6.45) is 2.95. The molecule has 0 aliphatic rings. The largest absolute Gasteiger partial charge is 0.544 e. The van der Waals surface area contributed by atoms with Crippen LogP contribution in [0, 0.1) is 10.1 Å². The number of carboxylic acids is 1. The van der Waals surface area contributed by atoms with Crippen LogP contribution < -0.4 is 10.0 Å². The molecule has 150 valence electrons. The van der Waals surface area contributed by atoms with Crippen molar-refractivity contribution in [2.45, 2.75) is 38.8 Å². The number of non-ortho nitro benzene ring substituents is 1. The Hall–Kier alpha value is -2.88. The summed E-state index contributed by atoms with van der Waals surface area (Å²) in [5.41, 5.74) is 1.01. The topological polar surface area (TPSA) is 128 Å². The van der Waals surface area contributed by atoms with Crippen molar-refractivity contribution in [3.63, 3.8) is 0 Å². The first-order valence-electron chi connectivity index (χ1n) is 8.95. The molecule has 0 fully saturated rings. The number of thioether (sulfide) groups is 1. The molecule has 0 atom stereocenters. The molecule has 10 heteroatoms. The zero-order valence-electron chi connectivity index (χ0n) is 16.0. The molecule has 0 spiro atoms. The standard InChI is InChI=1S/C18H23N5O4S/c1-4-7-16-19-18(21-20-16)28-15(17(24)25)11-12-10-13(23(26)27)8-9-14(12)22(5-2)6-3/h8-11H,4-7H2,1-3H3,(H,24,25)(H,19,20,21)/p-1/b15-11+. The van der Waals surface area contributed by atoms with E-state index in [4.69, 9.17) is 0 Å². The van der Waals surface area contributed by atoms with E-state index in [1.807, 2.05) is 25.7 Å². The van der Waals surface area contributed by atoms with Gasteiger partial charge in [0.15, 0.2) is 0 Å². The highest BCUT2D eigenvalue weighted by Gasteiger charge is 2.15. The molecule has 2 rings (SSSR count). The summed E-state index contributed by atoms with van der Waals surface area (Å²) in [6, 6.07) is 4.39. The van der Waals surface area contributed by atoms with Crippen LogP contribution in [0.1, 0.15) is 38.6 Å². The fourth-order valence-electron chi connectivity index (χ4n) is 2.67. The number of aromatic nitrogens is 3. The Morgan fingerprint density at radius 2 is 2.04 bits per heavy atom. The van der Waals surface area contributed by atoms with Crippen LogP contribution in [0.25, 0.3) is 6.08 Å². The summed E-state index contributed by atoms with van der Waals surface area (Å²) in [5.74, 6) is -0.731. The first kappa shape index (κ1) is 21.4. The molecule has 0 amide bonds. The molecule has 2 aromatic rings. The molecule has 1 N–H and O–H groups in total. The second kappa shape index (κ2) is 9.88. The lowest BCUT2D eigenvalue weighted by Crippen LogP contribution is -2.24. The van der Waals surface area contributed by atoms with Crippen LogP contribution in [0.5, 0.6) is 0 Å². The molecule has 9 nitrogen and oxygen atoms in total. The zero-order valence-corrected chi connectivity index (χ0v) is 16.8. The molecule has 0 saturated heterocycles. The quantitative estimate of drug-likeness (QED) is 0.277. The van der Waals surface area contributed by atoms with Gasteiger partial charge in [0, 0.05) is 47.8 Å². The molecule has 1 heterocycles. The number of hydrogen-bond donors (Lipinski definition) is 1. The van der Waals surface area contributed by atoms with E-state index in [9.17, 15) is 20.0 Å². The minimum Gasteiger partial charge on any atom is -0.544 e. The van der Waals surface area contributed by atoms with Crippen molar-refractivity contribution in [1.82, 2.24) is 15.2 Å². The van der Waals surface area contributed by atoms with Crippen LogP contribution >= 0.6 is 11.8 Å². The van der Waals surface area contributed by atoms with Crippen LogP contribution in [0.2, 0.25) is 0 Å². The maximum atomic E-state index is 11.7. The lowest BCUT2D eigenvalue weighted by Gasteiger charge is -2.23. The maximum Gasteiger partial charge on any atom is 0.270 e. The third kappa shape index (κ3) is 5.32. The van der Waals surface area contributed by atoms with Crippen molar-refractivity contribution >= 4 is 35.2 Å². The number of carboxylic acid groups (broad SMARTS) is 1. The Bertz CT molecular complexity index is 877. The van der Waals surface area contributed by atoms with Gasteiger partial charge in [-0.1, -0.05) is 6.92 Å². The molecule has 0 radical (unpaired) electrons. The molecule has 1 aromatic carbocycles. The molecule has 0 aliphatic heterocycles. The molecule has 0 unspecified atom stereocenters. The van der Waals surface area contributed by atoms with E-state index in [0.29, 0.717) is 36.6 Å². The number of carbonyl (C=O) groups excluding carboxylic acids is 1. The number of hydrogen-bond acceptors (Lipinski definition) is 8. The van der Waals surface area contributed by atoms with Crippen molar-refractivity contribution in [3.05, 3.63) is 44.6 Å². The van der Waals surface area contributed by atoms with Gasteiger partial charge in [-0.15, -0.1) is 5.10 Å². The van der Waals surface area contributed by atoms with Crippen LogP contribution in [-0.2, 0) is 11.2 Å². The maximum absolute atomic E-state index is 11.7. The Kier molecular flexibility index (Phi) is 7.56. The molecule has 0 aliphatic carbocycles. The van der Waals surface area contributed by atoms with Crippen molar-refractivity contribution in [3.8, 4) is 0 Å². The van der Waals surface area contributed by atoms with E-state index in [-0.39, 0.29) is 15.7 Å². The summed E-state index contributed by atoms with van der Waals surface area (Å²) < 4.78 is 0. The number of nitrogens with one attached hydrogen (secondary N) is 1. The number of aryl methyl sites for hydroxylation is 1. The monoisotopic (exact) mass is 404 g/mol. The summed E-state index contributed by atoms with van der Waals surface area (Å²) >= 11 is 0.845. The lowest BCUT2D eigenvalue weighted by atomic mass is 10.1. The summed E-state index contributed by atoms with van der Waals surface area (Å²) in [5, 5.41) is 29.9. The van der Waals surface area contributed by atoms with Gasteiger partial charge < -0.3 is 14.8 Å². The molecular formula is C18H22N5O4S-. The van der Waals surface area contributed by atoms with Gasteiger partial charge in [0.1, 0.15) is 5.82 Å². The fourth-order valence-corrected chi connectivity index (χ4v) is 3.38. The third-order valence-corrected chi connectivity index (χ3v) is 4.88. The second-order valence-corrected chi connectivity index (χ2v) is 6.89. The number of anilines is 1. The minimum atomic E-state index is -1.40. The van der Waals surface area contributed by atoms with E-state index >= 15 is 0 Å². The number of aromatic amines is 1. The zero-order chi connectivity index (χ0) is 20.7. The van der Waals surface area contributed by atoms with Gasteiger partial charge in [-0.05, 0) is 44.2 Å². The number of nitro groups is 1. The van der Waals surface area contributed by atoms with Gasteiger partial charge in [-0.2, -0.15) is 0 Å². The number of carbonyl (C=O) groups is 1. The van der Waals surface area contributed by atoms with Crippen molar-refractivity contribution in [2.24, 2.45) is 0 Å². The number of rotatable bonds is 10. The first-order chi connectivity index (χ1) is 13.4. The van der Waals surface area contributed by atoms with E-state index in [1.54, 1.807) is 6.07 Å². The molecule has 0 saturated carbocycles. The van der Waals surface area contributed by atoms with E-state index in [2.05, 4.69) is 15.2 Å². The Labute approximate surface area is 167 Å². The predicted molar refractivity (Wildman–Crippen MR) is 106 cm³/mol. The summed E-state index contributed by atoms with van der Waals surface area (Å²) in [4.78, 5) is 28.4. The van der Waals surface area contributed by atoms with E-state index in [0.717, 1.165) is 18.2 Å². The predicted octanol–water partition coefficient (Wildman–Crippen LogP) is 2.39. The normalized spacial score (nSPS) is 11.5. The number of nitro benzene ring substituents is 1. The smallest absolute Gasteiger partial charge is 0.270 e. The number of nitrogens with zero attached hydrogens (tertiary/aromatic N) is 4. The van der Waals surface area contributed by atoms with E-state index < -0.39 is 10.9 Å². The van der Waals surface area contributed by atoms with Crippen molar-refractivity contribution in [2.75, 3.05) is 18.0 Å². The average molecular weight is 404 g/mol. The van der Waals surface area contributed by atoms with E-state index in [1.165, 1.54) is 18.2 Å². The van der Waals surface area contributed by atoms with Gasteiger partial charge in [0.05, 0.1) is 10.9 Å². The fraction of sp³-hybridized carbons (Fsp3) is 0.389. The minimum absolute atomic E-state index is 0.118. The van der Waals surface area contributed by atoms with Gasteiger partial charge in [-0.3, -0.25) is 15.2 Å². The summed E-state index contributed by atoms with van der Waals surface area (Å²) in [7, 11) is 0. The average Bonchev–Trinajstić information content (AvgIpc) is 3.10. The van der Waals surface area contributed by atoms with Gasteiger partial charge in [0.25, 0.3) is 5.69 Å². The SMILES string of the molecule is CCCc1nc(S/C(=C/c2cc([N+](=O)[O-])ccc2N(CC)CC)C(=O)[O-])n[nH]1. The Morgan fingerprint density at radius 1 is 1.32 bits per heavy atom. The van der Waals surface area contributed by atoms with Gasteiger partial charge in [0.2, 0.25) is 5.16 Å². The third-order valence-electron chi connectivity index (χ3n) is 4.01. The molecule has 0 bridgehead atoms. The molecular weight excluding hydrogens is 382 g/mol. The molecule has 1 aromatic heterocycles. The van der Waals surface area contributed by atoms with Crippen LogP contribution in [-0.4, -0.2) is 39.2 Å². The van der Waals surface area contributed by atoms with Crippen molar-refractivity contribution < 1.29 is 14.8 Å². The Morgan fingerprint density at radius 3 is 2.61 bits per heavy atom. The van der Waals surface area contributed by atoms with Crippen LogP contribution in [0.15, 0.2) is 28.3 Å². The van der Waals surface area contributed by atoms with Gasteiger partial charge >= 0.3 is 0 Å². The Balaban J connectivity index is 2.47. The number of benzene rings is 1. The van der Waals surface area contributed by atoms with Crippen LogP contribution in [0.4, 0.5) is 11.4 Å². The van der Waals surface area contributed by atoms with Crippen molar-refractivity contribution in [1.29, 1.82) is 0 Å². The highest BCUT2D eigenvalue weighted by Crippen LogP contribution is 2.31. The number of H-pyrrole nitrogens is 1. The molecule has 28 heavy (non-hydrogen) atoms. The lowest BCUT2D eigenvalue weighted by molar-refractivity contribution is -0.384. The second-order valence-electron chi connectivity index (χ2n) is 5.89. The highest BCUT2D eigenvalue weighted by atomic mass is 32.2. The first-order valence-corrected chi connectivity index (χ1v) is 9.76. The summed E-state index contributed by atoms with van der Waals surface area (Å²) in [6.45, 7) is 7.25. The number of aliphatic carboxylic acids is 1.